The molecule has 0 saturated heterocycles. The van der Waals surface area contributed by atoms with E-state index in [0.717, 1.165) is 39.9 Å². The molecule has 1 aromatic carbocycles. The smallest absolute Gasteiger partial charge is 0.172 e. The first-order valence-electron chi connectivity index (χ1n) is 6.91. The van der Waals surface area contributed by atoms with Crippen molar-refractivity contribution in [1.82, 2.24) is 19.9 Å². The quantitative estimate of drug-likeness (QED) is 0.722. The Hall–Kier alpha value is -2.08. The molecule has 0 aliphatic heterocycles. The molecule has 0 amide bonds. The van der Waals surface area contributed by atoms with Gasteiger partial charge in [-0.15, -0.1) is 0 Å². The number of aromatic nitrogens is 4. The number of hydrogen-bond donors (Lipinski definition) is 2. The van der Waals surface area contributed by atoms with E-state index in [1.54, 1.807) is 6.07 Å². The van der Waals surface area contributed by atoms with Crippen LogP contribution < -0.4 is 5.73 Å². The summed E-state index contributed by atoms with van der Waals surface area (Å²) in [6.45, 7) is 4.16. The number of nitrogen functional groups attached to an aromatic ring is 1. The van der Waals surface area contributed by atoms with Gasteiger partial charge >= 0.3 is 0 Å². The molecule has 3 rings (SSSR count). The largest absolute Gasteiger partial charge is 0.384 e. The van der Waals surface area contributed by atoms with Gasteiger partial charge in [0.2, 0.25) is 0 Å². The minimum Gasteiger partial charge on any atom is -0.384 e. The van der Waals surface area contributed by atoms with Gasteiger partial charge in [-0.1, -0.05) is 13.0 Å². The van der Waals surface area contributed by atoms with Gasteiger partial charge in [-0.3, -0.25) is 0 Å². The van der Waals surface area contributed by atoms with Crippen LogP contribution in [0.4, 0.5) is 5.82 Å². The Morgan fingerprint density at radius 3 is 2.86 bits per heavy atom. The van der Waals surface area contributed by atoms with E-state index in [-0.39, 0.29) is 0 Å². The first-order chi connectivity index (χ1) is 10.1. The Morgan fingerprint density at radius 2 is 2.05 bits per heavy atom. The molecule has 0 aliphatic rings. The van der Waals surface area contributed by atoms with E-state index in [0.29, 0.717) is 5.82 Å². The molecule has 21 heavy (non-hydrogen) atoms. The number of nitrogens with one attached hydrogen (secondary N) is 1. The van der Waals surface area contributed by atoms with Gasteiger partial charge in [0, 0.05) is 12.5 Å². The normalized spacial score (nSPS) is 11.1. The summed E-state index contributed by atoms with van der Waals surface area (Å²) in [4.78, 5) is 16.6. The van der Waals surface area contributed by atoms with Gasteiger partial charge in [-0.05, 0) is 42.8 Å². The third-order valence-electron chi connectivity index (χ3n) is 3.06. The van der Waals surface area contributed by atoms with Crippen molar-refractivity contribution in [3.63, 3.8) is 0 Å². The first-order valence-corrected chi connectivity index (χ1v) is 7.73. The van der Waals surface area contributed by atoms with Gasteiger partial charge in [0.1, 0.15) is 16.7 Å². The van der Waals surface area contributed by atoms with Crippen LogP contribution in [0.15, 0.2) is 34.4 Å². The minimum atomic E-state index is 0.503. The lowest BCUT2D eigenvalue weighted by Crippen LogP contribution is -2.00. The van der Waals surface area contributed by atoms with Crippen LogP contribution in [-0.2, 0) is 6.42 Å². The van der Waals surface area contributed by atoms with Crippen molar-refractivity contribution < 1.29 is 0 Å². The average molecular weight is 299 g/mol. The number of nitrogens with zero attached hydrogens (tertiary/aromatic N) is 3. The van der Waals surface area contributed by atoms with Gasteiger partial charge in [0.05, 0.1) is 11.0 Å². The molecule has 0 fully saturated rings. The van der Waals surface area contributed by atoms with Crippen LogP contribution in [0.3, 0.4) is 0 Å². The van der Waals surface area contributed by atoms with Crippen molar-refractivity contribution in [2.45, 2.75) is 36.9 Å². The zero-order valence-corrected chi connectivity index (χ0v) is 12.9. The first kappa shape index (κ1) is 13.9. The highest BCUT2D eigenvalue weighted by atomic mass is 32.2. The second-order valence-electron chi connectivity index (χ2n) is 4.96. The van der Waals surface area contributed by atoms with Crippen LogP contribution >= 0.6 is 11.8 Å². The summed E-state index contributed by atoms with van der Waals surface area (Å²) in [7, 11) is 0. The predicted octanol–water partition coefficient (Wildman–Crippen LogP) is 3.35. The highest BCUT2D eigenvalue weighted by Crippen LogP contribution is 2.27. The van der Waals surface area contributed by atoms with Crippen LogP contribution in [0.25, 0.3) is 11.0 Å². The van der Waals surface area contributed by atoms with Crippen molar-refractivity contribution in [3.8, 4) is 0 Å². The van der Waals surface area contributed by atoms with Crippen molar-refractivity contribution >= 4 is 28.6 Å². The summed E-state index contributed by atoms with van der Waals surface area (Å²) >= 11 is 1.48. The van der Waals surface area contributed by atoms with Crippen molar-refractivity contribution in [2.75, 3.05) is 5.73 Å². The minimum absolute atomic E-state index is 0.503. The molecule has 0 atom stereocenters. The fourth-order valence-corrected chi connectivity index (χ4v) is 2.96. The van der Waals surface area contributed by atoms with Crippen molar-refractivity contribution in [2.24, 2.45) is 0 Å². The molecule has 108 valence electrons. The van der Waals surface area contributed by atoms with E-state index < -0.39 is 0 Å². The maximum atomic E-state index is 5.84. The maximum Gasteiger partial charge on any atom is 0.172 e. The lowest BCUT2D eigenvalue weighted by Gasteiger charge is -2.03. The highest BCUT2D eigenvalue weighted by Gasteiger charge is 2.08. The molecule has 3 N–H and O–H groups in total. The second kappa shape index (κ2) is 5.73. The van der Waals surface area contributed by atoms with E-state index in [1.165, 1.54) is 17.3 Å². The lowest BCUT2D eigenvalue weighted by atomic mass is 10.2. The van der Waals surface area contributed by atoms with Gasteiger partial charge in [0.25, 0.3) is 0 Å². The molecule has 0 saturated carbocycles. The Morgan fingerprint density at radius 1 is 1.19 bits per heavy atom. The molecular weight excluding hydrogens is 282 g/mol. The molecule has 0 radical (unpaired) electrons. The molecule has 6 heteroatoms. The van der Waals surface area contributed by atoms with Crippen LogP contribution in [0.5, 0.6) is 0 Å². The molecule has 2 aromatic heterocycles. The number of H-pyrrole nitrogens is 1. The molecule has 3 aromatic rings. The molecule has 0 unspecified atom stereocenters. The van der Waals surface area contributed by atoms with Gasteiger partial charge in [-0.25, -0.2) is 15.0 Å². The molecule has 2 heterocycles. The summed E-state index contributed by atoms with van der Waals surface area (Å²) in [5.41, 5.74) is 9.04. The van der Waals surface area contributed by atoms with Crippen molar-refractivity contribution in [3.05, 3.63) is 35.7 Å². The summed E-state index contributed by atoms with van der Waals surface area (Å²) in [5.74, 6) is 1.29. The monoisotopic (exact) mass is 299 g/mol. The van der Waals surface area contributed by atoms with Gasteiger partial charge in [-0.2, -0.15) is 0 Å². The number of imidazole rings is 1. The topological polar surface area (TPSA) is 80.5 Å². The number of rotatable bonds is 4. The number of nitrogens with two attached hydrogens (primary N) is 1. The number of anilines is 1. The Labute approximate surface area is 127 Å². The Kier molecular flexibility index (Phi) is 3.79. The number of fused-ring (bicyclic) bond motifs is 1. The fourth-order valence-electron chi connectivity index (χ4n) is 2.13. The number of hydrogen-bond acceptors (Lipinski definition) is 5. The molecule has 0 spiro atoms. The van der Waals surface area contributed by atoms with Crippen LogP contribution in [-0.4, -0.2) is 19.9 Å². The third kappa shape index (κ3) is 3.16. The van der Waals surface area contributed by atoms with E-state index in [1.807, 2.05) is 6.07 Å². The lowest BCUT2D eigenvalue weighted by molar-refractivity contribution is 0.812. The molecule has 5 nitrogen and oxygen atoms in total. The van der Waals surface area contributed by atoms with Crippen LogP contribution in [0.1, 0.15) is 24.7 Å². The van der Waals surface area contributed by atoms with E-state index in [9.17, 15) is 0 Å². The number of aryl methyl sites for hydroxylation is 2. The summed E-state index contributed by atoms with van der Waals surface area (Å²) in [6, 6.07) is 7.94. The Balaban J connectivity index is 1.90. The maximum absolute atomic E-state index is 5.84. The molecule has 0 bridgehead atoms. The predicted molar refractivity (Wildman–Crippen MR) is 85.4 cm³/mol. The second-order valence-corrected chi connectivity index (χ2v) is 5.97. The standard InChI is InChI=1S/C15H17N5S/c1-3-4-13-19-12(16)8-14(20-13)21-15-17-10-6-5-9(2)7-11(10)18-15/h5-8H,3-4H2,1-2H3,(H,17,18)(H2,16,19,20). The Bertz CT molecular complexity index is 781. The molecular formula is C15H17N5S. The number of aromatic amines is 1. The third-order valence-corrected chi connectivity index (χ3v) is 3.86. The van der Waals surface area contributed by atoms with Gasteiger partial charge in [0.15, 0.2) is 5.16 Å². The summed E-state index contributed by atoms with van der Waals surface area (Å²) in [5, 5.41) is 1.64. The van der Waals surface area contributed by atoms with Crippen molar-refractivity contribution in [1.29, 1.82) is 0 Å². The summed E-state index contributed by atoms with van der Waals surface area (Å²) in [6.07, 6.45) is 1.83. The number of benzene rings is 1. The zero-order chi connectivity index (χ0) is 14.8. The summed E-state index contributed by atoms with van der Waals surface area (Å²) < 4.78 is 0. The van der Waals surface area contributed by atoms with E-state index in [2.05, 4.69) is 45.9 Å². The average Bonchev–Trinajstić information content (AvgIpc) is 2.79. The van der Waals surface area contributed by atoms with E-state index in [4.69, 9.17) is 5.73 Å². The van der Waals surface area contributed by atoms with Gasteiger partial charge < -0.3 is 10.7 Å². The zero-order valence-electron chi connectivity index (χ0n) is 12.1. The van der Waals surface area contributed by atoms with Crippen LogP contribution in [0, 0.1) is 6.92 Å². The van der Waals surface area contributed by atoms with Crippen LogP contribution in [0.2, 0.25) is 0 Å². The fraction of sp³-hybridized carbons (Fsp3) is 0.267. The SMILES string of the molecule is CCCc1nc(N)cc(Sc2nc3ccc(C)cc3[nH]2)n1. The molecule has 0 aliphatic carbocycles. The van der Waals surface area contributed by atoms with E-state index >= 15 is 0 Å². The highest BCUT2D eigenvalue weighted by molar-refractivity contribution is 7.99.